The van der Waals surface area contributed by atoms with Crippen LogP contribution in [0.5, 0.6) is 11.5 Å². The standard InChI is InChI=1S/C15H16O10/c16-7-5-6(2-4-9(17)18)1-3-8(7)24-15-12(21)10(19)11(20)13(25-15)14(22)23/h1-5,10-13,15-16,19-21H,(H,17,18)(H,22,23)/b4-2+. The molecule has 1 heterocycles. The van der Waals surface area contributed by atoms with Gasteiger partial charge >= 0.3 is 11.9 Å². The van der Waals surface area contributed by atoms with Crippen LogP contribution < -0.4 is 4.74 Å². The van der Waals surface area contributed by atoms with Gasteiger partial charge in [0.05, 0.1) is 0 Å². The van der Waals surface area contributed by atoms with Gasteiger partial charge in [-0.1, -0.05) is 6.07 Å². The fourth-order valence-electron chi connectivity index (χ4n) is 2.18. The predicted molar refractivity (Wildman–Crippen MR) is 79.7 cm³/mol. The third-order valence-corrected chi connectivity index (χ3v) is 3.46. The van der Waals surface area contributed by atoms with Crippen LogP contribution in [-0.2, 0) is 14.3 Å². The summed E-state index contributed by atoms with van der Waals surface area (Å²) in [5, 5.41) is 56.5. The Balaban J connectivity index is 2.17. The molecule has 1 aromatic carbocycles. The second kappa shape index (κ2) is 7.49. The number of hydrogen-bond donors (Lipinski definition) is 6. The van der Waals surface area contributed by atoms with E-state index in [1.54, 1.807) is 0 Å². The predicted octanol–water partition coefficient (Wildman–Crippen LogP) is -1.24. The third-order valence-electron chi connectivity index (χ3n) is 3.46. The molecule has 2 rings (SSSR count). The van der Waals surface area contributed by atoms with Crippen LogP contribution in [0.4, 0.5) is 0 Å². The number of aliphatic hydroxyl groups is 3. The van der Waals surface area contributed by atoms with Crippen LogP contribution in [0.25, 0.3) is 6.08 Å². The second-order valence-corrected chi connectivity index (χ2v) is 5.25. The first-order valence-electron chi connectivity index (χ1n) is 7.04. The minimum atomic E-state index is -1.86. The van der Waals surface area contributed by atoms with Crippen LogP contribution in [0.15, 0.2) is 24.3 Å². The monoisotopic (exact) mass is 356 g/mol. The van der Waals surface area contributed by atoms with E-state index in [-0.39, 0.29) is 5.75 Å². The van der Waals surface area contributed by atoms with Gasteiger partial charge in [-0.25, -0.2) is 9.59 Å². The first kappa shape index (κ1) is 18.7. The molecule has 1 fully saturated rings. The lowest BCUT2D eigenvalue weighted by atomic mass is 9.99. The molecule has 0 radical (unpaired) electrons. The molecule has 10 heteroatoms. The van der Waals surface area contributed by atoms with Crippen LogP contribution in [0.1, 0.15) is 5.56 Å². The molecule has 0 amide bonds. The van der Waals surface area contributed by atoms with E-state index in [1.807, 2.05) is 0 Å². The Labute approximate surface area is 140 Å². The van der Waals surface area contributed by atoms with Gasteiger partial charge in [0.25, 0.3) is 0 Å². The first-order valence-corrected chi connectivity index (χ1v) is 7.04. The molecule has 0 saturated carbocycles. The molecule has 0 aliphatic carbocycles. The van der Waals surface area contributed by atoms with Crippen LogP contribution in [0, 0.1) is 0 Å². The van der Waals surface area contributed by atoms with Crippen molar-refractivity contribution in [3.05, 3.63) is 29.8 Å². The molecular weight excluding hydrogens is 340 g/mol. The number of aliphatic carboxylic acids is 2. The summed E-state index contributed by atoms with van der Waals surface area (Å²) in [5.74, 6) is -3.38. The van der Waals surface area contributed by atoms with E-state index in [0.29, 0.717) is 5.56 Å². The average molecular weight is 356 g/mol. The summed E-state index contributed by atoms with van der Waals surface area (Å²) in [6, 6.07) is 3.80. The second-order valence-electron chi connectivity index (χ2n) is 5.25. The molecule has 5 atom stereocenters. The molecule has 136 valence electrons. The van der Waals surface area contributed by atoms with Crippen LogP contribution >= 0.6 is 0 Å². The lowest BCUT2D eigenvalue weighted by Gasteiger charge is -2.38. The van der Waals surface area contributed by atoms with Crippen molar-refractivity contribution in [3.63, 3.8) is 0 Å². The maximum Gasteiger partial charge on any atom is 0.335 e. The number of carboxylic acid groups (broad SMARTS) is 2. The Kier molecular flexibility index (Phi) is 5.59. The third kappa shape index (κ3) is 4.25. The van der Waals surface area contributed by atoms with Gasteiger partial charge in [-0.2, -0.15) is 0 Å². The fraction of sp³-hybridized carbons (Fsp3) is 0.333. The molecule has 1 aliphatic heterocycles. The number of benzene rings is 1. The molecule has 0 bridgehead atoms. The van der Waals surface area contributed by atoms with Crippen molar-refractivity contribution >= 4 is 18.0 Å². The largest absolute Gasteiger partial charge is 0.504 e. The Hall–Kier alpha value is -2.66. The number of aliphatic hydroxyl groups excluding tert-OH is 3. The van der Waals surface area contributed by atoms with E-state index in [9.17, 15) is 30.0 Å². The van der Waals surface area contributed by atoms with Crippen LogP contribution in [-0.4, -0.2) is 73.3 Å². The zero-order valence-corrected chi connectivity index (χ0v) is 12.6. The Morgan fingerprint density at radius 3 is 2.32 bits per heavy atom. The van der Waals surface area contributed by atoms with Gasteiger partial charge in [0.15, 0.2) is 17.6 Å². The van der Waals surface area contributed by atoms with Crippen molar-refractivity contribution < 1.29 is 49.7 Å². The zero-order chi connectivity index (χ0) is 18.7. The number of phenolic OH excluding ortho intramolecular Hbond substituents is 1. The topological polar surface area (TPSA) is 174 Å². The summed E-state index contributed by atoms with van der Waals surface area (Å²) >= 11 is 0. The van der Waals surface area contributed by atoms with E-state index < -0.39 is 48.4 Å². The van der Waals surface area contributed by atoms with E-state index in [2.05, 4.69) is 0 Å². The molecule has 5 unspecified atom stereocenters. The average Bonchev–Trinajstić information content (AvgIpc) is 2.54. The van der Waals surface area contributed by atoms with Crippen molar-refractivity contribution in [1.29, 1.82) is 0 Å². The first-order chi connectivity index (χ1) is 11.7. The quantitative estimate of drug-likeness (QED) is 0.350. The van der Waals surface area contributed by atoms with Crippen LogP contribution in [0.3, 0.4) is 0 Å². The summed E-state index contributed by atoms with van der Waals surface area (Å²) in [5.41, 5.74) is 0.344. The van der Waals surface area contributed by atoms with Gasteiger partial charge in [0.1, 0.15) is 18.3 Å². The molecule has 0 aromatic heterocycles. The normalized spacial score (nSPS) is 29.5. The molecule has 0 spiro atoms. The van der Waals surface area contributed by atoms with Gasteiger partial charge in [-0.3, -0.25) is 0 Å². The highest BCUT2D eigenvalue weighted by atomic mass is 16.7. The van der Waals surface area contributed by atoms with E-state index in [0.717, 1.165) is 6.08 Å². The highest BCUT2D eigenvalue weighted by Crippen LogP contribution is 2.31. The summed E-state index contributed by atoms with van der Waals surface area (Å²) in [6.45, 7) is 0. The number of ether oxygens (including phenoxy) is 2. The molecule has 25 heavy (non-hydrogen) atoms. The summed E-state index contributed by atoms with van der Waals surface area (Å²) in [6.07, 6.45) is -6.87. The highest BCUT2D eigenvalue weighted by Gasteiger charge is 2.48. The van der Waals surface area contributed by atoms with Gasteiger partial charge < -0.3 is 40.1 Å². The van der Waals surface area contributed by atoms with Crippen molar-refractivity contribution in [2.24, 2.45) is 0 Å². The molecule has 10 nitrogen and oxygen atoms in total. The number of rotatable bonds is 5. The smallest absolute Gasteiger partial charge is 0.335 e. The van der Waals surface area contributed by atoms with Gasteiger partial charge in [0.2, 0.25) is 6.29 Å². The maximum atomic E-state index is 11.0. The Morgan fingerprint density at radius 2 is 1.76 bits per heavy atom. The van der Waals surface area contributed by atoms with Gasteiger partial charge in [-0.05, 0) is 23.8 Å². The van der Waals surface area contributed by atoms with Crippen molar-refractivity contribution in [3.8, 4) is 11.5 Å². The molecular formula is C15H16O10. The number of aromatic hydroxyl groups is 1. The lowest BCUT2D eigenvalue weighted by Crippen LogP contribution is -2.61. The molecule has 1 aromatic rings. The summed E-state index contributed by atoms with van der Waals surface area (Å²) in [7, 11) is 0. The number of phenols is 1. The highest BCUT2D eigenvalue weighted by molar-refractivity contribution is 5.85. The van der Waals surface area contributed by atoms with Crippen molar-refractivity contribution in [1.82, 2.24) is 0 Å². The minimum Gasteiger partial charge on any atom is -0.504 e. The minimum absolute atomic E-state index is 0.204. The van der Waals surface area contributed by atoms with Gasteiger partial charge in [0, 0.05) is 6.08 Å². The van der Waals surface area contributed by atoms with E-state index in [1.165, 1.54) is 24.3 Å². The van der Waals surface area contributed by atoms with Crippen LogP contribution in [0.2, 0.25) is 0 Å². The van der Waals surface area contributed by atoms with E-state index >= 15 is 0 Å². The Bertz CT molecular complexity index is 685. The van der Waals surface area contributed by atoms with Crippen molar-refractivity contribution in [2.45, 2.75) is 30.7 Å². The zero-order valence-electron chi connectivity index (χ0n) is 12.6. The van der Waals surface area contributed by atoms with E-state index in [4.69, 9.17) is 19.7 Å². The van der Waals surface area contributed by atoms with Crippen molar-refractivity contribution in [2.75, 3.05) is 0 Å². The lowest BCUT2D eigenvalue weighted by molar-refractivity contribution is -0.271. The SMILES string of the molecule is O=C(O)/C=C/c1ccc(OC2OC(C(=O)O)C(O)C(O)C2O)c(O)c1. The molecule has 6 N–H and O–H groups in total. The summed E-state index contributed by atoms with van der Waals surface area (Å²) < 4.78 is 10.1. The summed E-state index contributed by atoms with van der Waals surface area (Å²) in [4.78, 5) is 21.5. The fourth-order valence-corrected chi connectivity index (χ4v) is 2.18. The number of hydrogen-bond acceptors (Lipinski definition) is 8. The molecule has 1 aliphatic rings. The molecule has 1 saturated heterocycles. The van der Waals surface area contributed by atoms with Gasteiger partial charge in [-0.15, -0.1) is 0 Å². The Morgan fingerprint density at radius 1 is 1.08 bits per heavy atom. The number of carbonyl (C=O) groups is 2. The maximum absolute atomic E-state index is 11.0. The number of carboxylic acids is 2.